The molecule has 4 atom stereocenters. The van der Waals surface area contributed by atoms with Gasteiger partial charge in [-0.05, 0) is 39.0 Å². The number of nitrogens with zero attached hydrogens (tertiary/aromatic N) is 2. The zero-order valence-electron chi connectivity index (χ0n) is 18.7. The first kappa shape index (κ1) is 27.6. The molecule has 1 aliphatic heterocycles. The number of likely N-dealkylation sites (tertiary alicyclic amines) is 1. The van der Waals surface area contributed by atoms with Crippen LogP contribution in [0.15, 0.2) is 4.99 Å². The van der Waals surface area contributed by atoms with Crippen LogP contribution in [-0.4, -0.2) is 82.8 Å². The monoisotopic (exact) mass is 470 g/mol. The van der Waals surface area contributed by atoms with Crippen LogP contribution in [-0.2, 0) is 24.0 Å². The fraction of sp³-hybridized carbons (Fsp3) is 0.684. The Morgan fingerprint density at radius 1 is 1.12 bits per heavy atom. The van der Waals surface area contributed by atoms with E-state index in [4.69, 9.17) is 22.9 Å². The lowest BCUT2D eigenvalue weighted by Crippen LogP contribution is -2.55. The van der Waals surface area contributed by atoms with Gasteiger partial charge in [0.05, 0.1) is 6.04 Å². The van der Waals surface area contributed by atoms with Crippen molar-refractivity contribution in [2.75, 3.05) is 13.1 Å². The molecule has 186 valence electrons. The summed E-state index contributed by atoms with van der Waals surface area (Å²) in [7, 11) is 0. The molecule has 14 heteroatoms. The van der Waals surface area contributed by atoms with E-state index in [0.29, 0.717) is 38.8 Å². The lowest BCUT2D eigenvalue weighted by atomic mass is 10.1. The largest absolute Gasteiger partial charge is 0.480 e. The number of guanidine groups is 1. The zero-order chi connectivity index (χ0) is 25.1. The van der Waals surface area contributed by atoms with Gasteiger partial charge in [-0.25, -0.2) is 4.79 Å². The maximum atomic E-state index is 12.7. The molecule has 0 aliphatic carbocycles. The number of nitrogens with one attached hydrogen (secondary N) is 2. The summed E-state index contributed by atoms with van der Waals surface area (Å²) in [5, 5.41) is 14.0. The van der Waals surface area contributed by atoms with E-state index in [0.717, 1.165) is 0 Å². The summed E-state index contributed by atoms with van der Waals surface area (Å²) in [6.45, 7) is 2.07. The van der Waals surface area contributed by atoms with Crippen LogP contribution in [0.4, 0.5) is 0 Å². The van der Waals surface area contributed by atoms with Crippen LogP contribution in [0.5, 0.6) is 0 Å². The van der Waals surface area contributed by atoms with Crippen LogP contribution in [0.3, 0.4) is 0 Å². The van der Waals surface area contributed by atoms with Gasteiger partial charge >= 0.3 is 5.97 Å². The number of carboxylic acid groups (broad SMARTS) is 1. The molecule has 0 aromatic heterocycles. The standard InChI is InChI=1S/C19H34N8O6/c1-10(15(29)26-12(18(32)33)6-7-14(21)28)25-16(30)13-5-3-9-27(13)17(31)11(20)4-2-8-24-19(22)23/h10-13H,2-9,20H2,1H3,(H2,21,28)(H,25,30)(H,26,29)(H,32,33)(H4,22,23,24). The van der Waals surface area contributed by atoms with Crippen molar-refractivity contribution in [3.05, 3.63) is 0 Å². The van der Waals surface area contributed by atoms with Crippen molar-refractivity contribution >= 4 is 35.6 Å². The molecule has 1 rings (SSSR count). The molecule has 0 bridgehead atoms. The predicted molar refractivity (Wildman–Crippen MR) is 118 cm³/mol. The molecule has 11 N–H and O–H groups in total. The third-order valence-corrected chi connectivity index (χ3v) is 5.17. The van der Waals surface area contributed by atoms with E-state index in [9.17, 15) is 29.1 Å². The third kappa shape index (κ3) is 9.31. The van der Waals surface area contributed by atoms with Gasteiger partial charge in [-0.2, -0.15) is 0 Å². The molecule has 0 aromatic carbocycles. The highest BCUT2D eigenvalue weighted by Gasteiger charge is 2.37. The molecule has 1 heterocycles. The Bertz CT molecular complexity index is 769. The summed E-state index contributed by atoms with van der Waals surface area (Å²) in [4.78, 5) is 65.1. The minimum Gasteiger partial charge on any atom is -0.480 e. The van der Waals surface area contributed by atoms with Crippen molar-refractivity contribution in [2.45, 2.75) is 69.6 Å². The van der Waals surface area contributed by atoms with E-state index < -0.39 is 47.9 Å². The lowest BCUT2D eigenvalue weighted by Gasteiger charge is -2.28. The van der Waals surface area contributed by atoms with Crippen LogP contribution in [0.2, 0.25) is 0 Å². The second-order valence-electron chi connectivity index (χ2n) is 7.88. The number of nitrogens with two attached hydrogens (primary N) is 4. The molecule has 0 saturated carbocycles. The first-order valence-corrected chi connectivity index (χ1v) is 10.7. The summed E-state index contributed by atoms with van der Waals surface area (Å²) in [5.41, 5.74) is 21.5. The van der Waals surface area contributed by atoms with Gasteiger partial charge in [-0.1, -0.05) is 0 Å². The number of aliphatic imine (C=N–C) groups is 1. The lowest BCUT2D eigenvalue weighted by molar-refractivity contribution is -0.143. The minimum atomic E-state index is -1.33. The van der Waals surface area contributed by atoms with Crippen LogP contribution in [0, 0.1) is 0 Å². The van der Waals surface area contributed by atoms with Crippen LogP contribution in [0.25, 0.3) is 0 Å². The second kappa shape index (κ2) is 13.2. The smallest absolute Gasteiger partial charge is 0.326 e. The number of carbonyl (C=O) groups is 5. The average Bonchev–Trinajstić information content (AvgIpc) is 3.22. The zero-order valence-corrected chi connectivity index (χ0v) is 18.7. The highest BCUT2D eigenvalue weighted by atomic mass is 16.4. The van der Waals surface area contributed by atoms with Crippen LogP contribution in [0.1, 0.15) is 45.4 Å². The summed E-state index contributed by atoms with van der Waals surface area (Å²) in [5.74, 6) is -3.74. The maximum absolute atomic E-state index is 12.7. The Kier molecular flexibility index (Phi) is 11.0. The molecule has 1 saturated heterocycles. The molecule has 33 heavy (non-hydrogen) atoms. The van der Waals surface area contributed by atoms with Gasteiger partial charge in [0.15, 0.2) is 5.96 Å². The number of hydrogen-bond donors (Lipinski definition) is 7. The van der Waals surface area contributed by atoms with Crippen molar-refractivity contribution in [1.29, 1.82) is 0 Å². The summed E-state index contributed by atoms with van der Waals surface area (Å²) in [6, 6.07) is -4.01. The molecule has 0 spiro atoms. The highest BCUT2D eigenvalue weighted by molar-refractivity contribution is 5.94. The van der Waals surface area contributed by atoms with Gasteiger partial charge in [0.1, 0.15) is 18.1 Å². The summed E-state index contributed by atoms with van der Waals surface area (Å²) >= 11 is 0. The summed E-state index contributed by atoms with van der Waals surface area (Å²) < 4.78 is 0. The van der Waals surface area contributed by atoms with Gasteiger partial charge in [0.25, 0.3) is 0 Å². The van der Waals surface area contributed by atoms with E-state index in [1.165, 1.54) is 11.8 Å². The van der Waals surface area contributed by atoms with Crippen molar-refractivity contribution in [3.63, 3.8) is 0 Å². The third-order valence-electron chi connectivity index (χ3n) is 5.17. The van der Waals surface area contributed by atoms with E-state index >= 15 is 0 Å². The highest BCUT2D eigenvalue weighted by Crippen LogP contribution is 2.19. The molecule has 14 nitrogen and oxygen atoms in total. The Balaban J connectivity index is 2.64. The van der Waals surface area contributed by atoms with Crippen molar-refractivity contribution in [1.82, 2.24) is 15.5 Å². The molecule has 4 unspecified atom stereocenters. The SMILES string of the molecule is CC(NC(=O)C1CCCN1C(=O)C(N)CCCN=C(N)N)C(=O)NC(CCC(N)=O)C(=O)O. The number of hydrogen-bond acceptors (Lipinski definition) is 7. The second-order valence-corrected chi connectivity index (χ2v) is 7.88. The molecule has 0 aromatic rings. The molecule has 1 aliphatic rings. The Morgan fingerprint density at radius 2 is 1.79 bits per heavy atom. The predicted octanol–water partition coefficient (Wildman–Crippen LogP) is -3.30. The fourth-order valence-corrected chi connectivity index (χ4v) is 3.37. The van der Waals surface area contributed by atoms with Gasteiger partial charge < -0.3 is 43.6 Å². The molecule has 0 radical (unpaired) electrons. The molecular weight excluding hydrogens is 436 g/mol. The molecule has 4 amide bonds. The van der Waals surface area contributed by atoms with E-state index in [2.05, 4.69) is 15.6 Å². The number of carboxylic acids is 1. The topological polar surface area (TPSA) is 249 Å². The first-order chi connectivity index (χ1) is 15.4. The molecule has 1 fully saturated rings. The van der Waals surface area contributed by atoms with E-state index in [1.807, 2.05) is 0 Å². The first-order valence-electron chi connectivity index (χ1n) is 10.7. The van der Waals surface area contributed by atoms with Gasteiger partial charge in [0, 0.05) is 19.5 Å². The Hall–Kier alpha value is -3.42. The van der Waals surface area contributed by atoms with Gasteiger partial charge in [-0.3, -0.25) is 24.2 Å². The van der Waals surface area contributed by atoms with Gasteiger partial charge in [0.2, 0.25) is 23.6 Å². The van der Waals surface area contributed by atoms with Crippen molar-refractivity contribution in [2.24, 2.45) is 27.9 Å². The van der Waals surface area contributed by atoms with Crippen LogP contribution >= 0.6 is 0 Å². The van der Waals surface area contributed by atoms with Crippen LogP contribution < -0.4 is 33.6 Å². The minimum absolute atomic E-state index is 0.0492. The number of carbonyl (C=O) groups excluding carboxylic acids is 4. The number of primary amides is 1. The number of amides is 4. The average molecular weight is 471 g/mol. The fourth-order valence-electron chi connectivity index (χ4n) is 3.37. The summed E-state index contributed by atoms with van der Waals surface area (Å²) in [6.07, 6.45) is 1.43. The van der Waals surface area contributed by atoms with Crippen molar-refractivity contribution < 1.29 is 29.1 Å². The van der Waals surface area contributed by atoms with E-state index in [1.54, 1.807) is 0 Å². The maximum Gasteiger partial charge on any atom is 0.326 e. The Labute approximate surface area is 191 Å². The van der Waals surface area contributed by atoms with E-state index in [-0.39, 0.29) is 24.7 Å². The Morgan fingerprint density at radius 3 is 2.36 bits per heavy atom. The normalized spacial score (nSPS) is 18.0. The molecular formula is C19H34N8O6. The quantitative estimate of drug-likeness (QED) is 0.0807. The number of rotatable bonds is 13. The number of aliphatic carboxylic acids is 1. The van der Waals surface area contributed by atoms with Gasteiger partial charge in [-0.15, -0.1) is 0 Å². The van der Waals surface area contributed by atoms with Crippen molar-refractivity contribution in [3.8, 4) is 0 Å².